The Kier molecular flexibility index (Phi) is 2.90. The maximum atomic E-state index is 13.4. The highest BCUT2D eigenvalue weighted by atomic mass is 19.1. The molecule has 0 aliphatic rings. The third-order valence-electron chi connectivity index (χ3n) is 2.71. The Bertz CT molecular complexity index is 332. The predicted molar refractivity (Wildman–Crippen MR) is 52.7 cm³/mol. The van der Waals surface area contributed by atoms with Crippen LogP contribution in [0.15, 0.2) is 18.2 Å². The van der Waals surface area contributed by atoms with Gasteiger partial charge in [-0.3, -0.25) is 0 Å². The van der Waals surface area contributed by atoms with Crippen LogP contribution in [0.5, 0.6) is 0 Å². The van der Waals surface area contributed by atoms with Gasteiger partial charge in [0.1, 0.15) is 11.6 Å². The Morgan fingerprint density at radius 1 is 1.29 bits per heavy atom. The summed E-state index contributed by atoms with van der Waals surface area (Å²) in [5, 5.41) is 0. The fourth-order valence-electron chi connectivity index (χ4n) is 1.22. The van der Waals surface area contributed by atoms with Crippen LogP contribution in [0.4, 0.5) is 8.78 Å². The average Bonchev–Trinajstić information content (AvgIpc) is 2.08. The summed E-state index contributed by atoms with van der Waals surface area (Å²) < 4.78 is 26.3. The van der Waals surface area contributed by atoms with Crippen molar-refractivity contribution in [3.05, 3.63) is 35.4 Å². The molecular weight excluding hydrogens is 184 g/mol. The summed E-state index contributed by atoms with van der Waals surface area (Å²) in [4.78, 5) is 0. The smallest absolute Gasteiger partial charge is 0.128 e. The predicted octanol–water partition coefficient (Wildman–Crippen LogP) is 2.79. The minimum atomic E-state index is -0.841. The van der Waals surface area contributed by atoms with Crippen molar-refractivity contribution in [2.24, 2.45) is 11.7 Å². The van der Waals surface area contributed by atoms with E-state index >= 15 is 0 Å². The number of hydrogen-bond acceptors (Lipinski definition) is 1. The fourth-order valence-corrected chi connectivity index (χ4v) is 1.22. The molecule has 0 heterocycles. The molecule has 0 radical (unpaired) electrons. The van der Waals surface area contributed by atoms with Gasteiger partial charge in [-0.2, -0.15) is 0 Å². The van der Waals surface area contributed by atoms with Crippen molar-refractivity contribution in [1.29, 1.82) is 0 Å². The van der Waals surface area contributed by atoms with E-state index in [1.54, 1.807) is 6.92 Å². The van der Waals surface area contributed by atoms with Gasteiger partial charge in [0.15, 0.2) is 0 Å². The van der Waals surface area contributed by atoms with E-state index in [0.717, 1.165) is 18.2 Å². The van der Waals surface area contributed by atoms with E-state index in [0.29, 0.717) is 0 Å². The van der Waals surface area contributed by atoms with Crippen LogP contribution in [0.25, 0.3) is 0 Å². The third kappa shape index (κ3) is 1.93. The molecular formula is C11H15F2N. The van der Waals surface area contributed by atoms with Crippen LogP contribution >= 0.6 is 0 Å². The zero-order valence-corrected chi connectivity index (χ0v) is 8.64. The van der Waals surface area contributed by atoms with Gasteiger partial charge in [0, 0.05) is 11.1 Å². The average molecular weight is 199 g/mol. The Labute approximate surface area is 82.9 Å². The Hall–Kier alpha value is -0.960. The van der Waals surface area contributed by atoms with Gasteiger partial charge in [-0.25, -0.2) is 8.78 Å². The zero-order chi connectivity index (χ0) is 10.9. The quantitative estimate of drug-likeness (QED) is 0.778. The van der Waals surface area contributed by atoms with E-state index in [2.05, 4.69) is 0 Å². The Balaban J connectivity index is 3.24. The first-order valence-electron chi connectivity index (χ1n) is 4.60. The van der Waals surface area contributed by atoms with Gasteiger partial charge >= 0.3 is 0 Å². The van der Waals surface area contributed by atoms with Gasteiger partial charge in [-0.15, -0.1) is 0 Å². The molecule has 0 aromatic heterocycles. The maximum absolute atomic E-state index is 13.4. The molecule has 1 aromatic rings. The molecule has 1 aromatic carbocycles. The number of rotatable bonds is 2. The van der Waals surface area contributed by atoms with E-state index in [1.807, 2.05) is 13.8 Å². The summed E-state index contributed by atoms with van der Waals surface area (Å²) in [6.07, 6.45) is 0. The highest BCUT2D eigenvalue weighted by Gasteiger charge is 2.28. The van der Waals surface area contributed by atoms with Gasteiger partial charge in [-0.1, -0.05) is 13.8 Å². The van der Waals surface area contributed by atoms with Gasteiger partial charge < -0.3 is 5.73 Å². The van der Waals surface area contributed by atoms with Crippen LogP contribution in [0.2, 0.25) is 0 Å². The second-order valence-corrected chi connectivity index (χ2v) is 4.06. The van der Waals surface area contributed by atoms with Crippen LogP contribution < -0.4 is 5.73 Å². The van der Waals surface area contributed by atoms with E-state index in [4.69, 9.17) is 5.73 Å². The van der Waals surface area contributed by atoms with Gasteiger partial charge in [0.25, 0.3) is 0 Å². The van der Waals surface area contributed by atoms with Crippen molar-refractivity contribution in [1.82, 2.24) is 0 Å². The first-order chi connectivity index (χ1) is 6.35. The number of nitrogens with two attached hydrogens (primary N) is 1. The minimum absolute atomic E-state index is 0.0406. The molecule has 1 rings (SSSR count). The molecule has 0 amide bonds. The molecule has 14 heavy (non-hydrogen) atoms. The lowest BCUT2D eigenvalue weighted by molar-refractivity contribution is 0.335. The van der Waals surface area contributed by atoms with Crippen molar-refractivity contribution < 1.29 is 8.78 Å². The zero-order valence-electron chi connectivity index (χ0n) is 8.64. The summed E-state index contributed by atoms with van der Waals surface area (Å²) in [5.41, 5.74) is 5.33. The molecule has 78 valence electrons. The summed E-state index contributed by atoms with van der Waals surface area (Å²) in [5.74, 6) is -0.873. The molecule has 3 heteroatoms. The van der Waals surface area contributed by atoms with Crippen LogP contribution in [0, 0.1) is 17.6 Å². The Morgan fingerprint density at radius 3 is 2.36 bits per heavy atom. The van der Waals surface area contributed by atoms with Crippen molar-refractivity contribution in [2.75, 3.05) is 0 Å². The number of benzene rings is 1. The largest absolute Gasteiger partial charge is 0.321 e. The van der Waals surface area contributed by atoms with Gasteiger partial charge in [0.2, 0.25) is 0 Å². The van der Waals surface area contributed by atoms with Crippen molar-refractivity contribution in [3.63, 3.8) is 0 Å². The molecule has 1 unspecified atom stereocenters. The topological polar surface area (TPSA) is 26.0 Å². The van der Waals surface area contributed by atoms with Crippen molar-refractivity contribution in [3.8, 4) is 0 Å². The van der Waals surface area contributed by atoms with Crippen molar-refractivity contribution in [2.45, 2.75) is 26.3 Å². The lowest BCUT2D eigenvalue weighted by Gasteiger charge is -2.30. The van der Waals surface area contributed by atoms with Crippen LogP contribution in [-0.2, 0) is 5.54 Å². The molecule has 0 saturated heterocycles. The van der Waals surface area contributed by atoms with E-state index in [9.17, 15) is 8.78 Å². The monoisotopic (exact) mass is 199 g/mol. The highest BCUT2D eigenvalue weighted by molar-refractivity contribution is 5.26. The molecule has 0 spiro atoms. The fraction of sp³-hybridized carbons (Fsp3) is 0.455. The highest BCUT2D eigenvalue weighted by Crippen LogP contribution is 2.28. The second kappa shape index (κ2) is 3.65. The minimum Gasteiger partial charge on any atom is -0.321 e. The molecule has 0 aliphatic heterocycles. The first kappa shape index (κ1) is 11.1. The summed E-state index contributed by atoms with van der Waals surface area (Å²) >= 11 is 0. The van der Waals surface area contributed by atoms with Crippen molar-refractivity contribution >= 4 is 0 Å². The summed E-state index contributed by atoms with van der Waals surface area (Å²) in [6.45, 7) is 5.46. The molecule has 2 N–H and O–H groups in total. The summed E-state index contributed by atoms with van der Waals surface area (Å²) in [7, 11) is 0. The third-order valence-corrected chi connectivity index (χ3v) is 2.71. The van der Waals surface area contributed by atoms with Gasteiger partial charge in [-0.05, 0) is 31.0 Å². The standard InChI is InChI=1S/C11H15F2N/c1-7(2)11(3,14)9-6-8(12)4-5-10(9)13/h4-7H,14H2,1-3H3. The second-order valence-electron chi connectivity index (χ2n) is 4.06. The molecule has 0 fully saturated rings. The molecule has 0 saturated carbocycles. The van der Waals surface area contributed by atoms with Crippen LogP contribution in [-0.4, -0.2) is 0 Å². The van der Waals surface area contributed by atoms with Crippen LogP contribution in [0.3, 0.4) is 0 Å². The van der Waals surface area contributed by atoms with Gasteiger partial charge in [0.05, 0.1) is 0 Å². The molecule has 0 aliphatic carbocycles. The van der Waals surface area contributed by atoms with E-state index < -0.39 is 17.2 Å². The normalized spacial score (nSPS) is 15.6. The van der Waals surface area contributed by atoms with E-state index in [1.165, 1.54) is 0 Å². The molecule has 1 atom stereocenters. The number of halogens is 2. The van der Waals surface area contributed by atoms with Crippen LogP contribution in [0.1, 0.15) is 26.3 Å². The molecule has 1 nitrogen and oxygen atoms in total. The lowest BCUT2D eigenvalue weighted by atomic mass is 9.82. The lowest BCUT2D eigenvalue weighted by Crippen LogP contribution is -2.39. The summed E-state index contributed by atoms with van der Waals surface area (Å²) in [6, 6.07) is 3.36. The first-order valence-corrected chi connectivity index (χ1v) is 4.60. The maximum Gasteiger partial charge on any atom is 0.128 e. The number of hydrogen-bond donors (Lipinski definition) is 1. The Morgan fingerprint density at radius 2 is 1.86 bits per heavy atom. The van der Waals surface area contributed by atoms with E-state index in [-0.39, 0.29) is 11.5 Å². The SMILES string of the molecule is CC(C)C(C)(N)c1cc(F)ccc1F. The molecule has 0 bridgehead atoms.